The average molecular weight is 750 g/mol. The van der Waals surface area contributed by atoms with Gasteiger partial charge in [-0.3, -0.25) is 18.7 Å². The third-order valence-corrected chi connectivity index (χ3v) is 10.1. The van der Waals surface area contributed by atoms with Crippen LogP contribution in [0.15, 0.2) is 70.6 Å². The van der Waals surface area contributed by atoms with Crippen molar-refractivity contribution >= 4 is 75.0 Å². The Balaban J connectivity index is 1.35. The van der Waals surface area contributed by atoms with Gasteiger partial charge in [0.05, 0.1) is 33.3 Å². The summed E-state index contributed by atoms with van der Waals surface area (Å²) in [6.45, 7) is 4.24. The first-order valence-corrected chi connectivity index (χ1v) is 17.5. The molecule has 14 heteroatoms. The van der Waals surface area contributed by atoms with E-state index in [-0.39, 0.29) is 36.6 Å². The second-order valence-corrected chi connectivity index (χ2v) is 13.6. The summed E-state index contributed by atoms with van der Waals surface area (Å²) in [6, 6.07) is 17.5. The van der Waals surface area contributed by atoms with Crippen LogP contribution >= 0.6 is 46.4 Å². The van der Waals surface area contributed by atoms with Gasteiger partial charge in [-0.15, -0.1) is 0 Å². The first kappa shape index (κ1) is 36.7. The van der Waals surface area contributed by atoms with Crippen molar-refractivity contribution in [1.29, 1.82) is 0 Å². The number of oxime groups is 1. The Kier molecular flexibility index (Phi) is 12.3. The second kappa shape index (κ2) is 16.4. The lowest BCUT2D eigenvalue weighted by Gasteiger charge is -2.34. The maximum Gasteiger partial charge on any atom is 0.329 e. The highest BCUT2D eigenvalue weighted by Gasteiger charge is 2.29. The fourth-order valence-electron chi connectivity index (χ4n) is 6.54. The van der Waals surface area contributed by atoms with Crippen LogP contribution in [-0.2, 0) is 16.2 Å². The second-order valence-electron chi connectivity index (χ2n) is 12.0. The van der Waals surface area contributed by atoms with Crippen LogP contribution < -0.4 is 5.69 Å². The van der Waals surface area contributed by atoms with Crippen molar-refractivity contribution < 1.29 is 19.5 Å². The van der Waals surface area contributed by atoms with Crippen LogP contribution in [0.3, 0.4) is 0 Å². The molecule has 0 aliphatic carbocycles. The predicted octanol–water partition coefficient (Wildman–Crippen LogP) is 7.48. The van der Waals surface area contributed by atoms with E-state index >= 15 is 0 Å². The molecule has 10 nitrogen and oxygen atoms in total. The fourth-order valence-corrected chi connectivity index (χ4v) is 7.38. The summed E-state index contributed by atoms with van der Waals surface area (Å²) >= 11 is 25.2. The Morgan fingerprint density at radius 1 is 0.980 bits per heavy atom. The van der Waals surface area contributed by atoms with E-state index in [1.807, 2.05) is 31.2 Å². The number of halogens is 4. The van der Waals surface area contributed by atoms with Crippen molar-refractivity contribution in [2.24, 2.45) is 5.16 Å². The molecule has 1 aliphatic rings. The van der Waals surface area contributed by atoms with Gasteiger partial charge in [-0.1, -0.05) is 69.8 Å². The summed E-state index contributed by atoms with van der Waals surface area (Å²) in [7, 11) is 1.47. The molecule has 2 heterocycles. The minimum Gasteiger partial charge on any atom is -0.480 e. The molecule has 1 fully saturated rings. The minimum absolute atomic E-state index is 0.0655. The van der Waals surface area contributed by atoms with Crippen molar-refractivity contribution in [3.63, 3.8) is 0 Å². The first-order valence-electron chi connectivity index (χ1n) is 15.9. The number of amides is 1. The molecule has 1 aromatic heterocycles. The van der Waals surface area contributed by atoms with E-state index in [0.717, 1.165) is 37.0 Å². The quantitative estimate of drug-likeness (QED) is 0.112. The van der Waals surface area contributed by atoms with E-state index in [1.165, 1.54) is 11.7 Å². The van der Waals surface area contributed by atoms with Crippen LogP contribution in [0.25, 0.3) is 11.0 Å². The molecule has 1 atom stereocenters. The Labute approximate surface area is 304 Å². The van der Waals surface area contributed by atoms with Gasteiger partial charge in [0.2, 0.25) is 0 Å². The summed E-state index contributed by atoms with van der Waals surface area (Å²) in [5.74, 6) is -1.58. The van der Waals surface area contributed by atoms with Crippen LogP contribution in [-0.4, -0.2) is 81.5 Å². The third kappa shape index (κ3) is 8.61. The maximum atomic E-state index is 13.6. The van der Waals surface area contributed by atoms with Crippen LogP contribution in [0.5, 0.6) is 0 Å². The number of para-hydroxylation sites is 2. The highest BCUT2D eigenvalue weighted by Crippen LogP contribution is 2.32. The zero-order chi connectivity index (χ0) is 35.2. The zero-order valence-corrected chi connectivity index (χ0v) is 30.1. The zero-order valence-electron chi connectivity index (χ0n) is 27.1. The Hall–Kier alpha value is -3.54. The molecule has 0 radical (unpaired) electrons. The van der Waals surface area contributed by atoms with Gasteiger partial charge in [0.25, 0.3) is 5.91 Å². The highest BCUT2D eigenvalue weighted by molar-refractivity contribution is 6.42. The van der Waals surface area contributed by atoms with Gasteiger partial charge in [-0.2, -0.15) is 0 Å². The average Bonchev–Trinajstić information content (AvgIpc) is 3.34. The molecule has 49 heavy (non-hydrogen) atoms. The molecule has 3 aromatic carbocycles. The number of fused-ring (bicyclic) bond motifs is 1. The molecule has 1 amide bonds. The number of piperidine rings is 1. The molecule has 0 unspecified atom stereocenters. The molecule has 0 bridgehead atoms. The summed E-state index contributed by atoms with van der Waals surface area (Å²) < 4.78 is 3.08. The number of rotatable bonds is 13. The van der Waals surface area contributed by atoms with Gasteiger partial charge >= 0.3 is 11.7 Å². The number of carboxylic acid groups (broad SMARTS) is 1. The number of benzene rings is 3. The van der Waals surface area contributed by atoms with E-state index in [9.17, 15) is 19.5 Å². The normalized spacial score (nSPS) is 15.0. The summed E-state index contributed by atoms with van der Waals surface area (Å²) in [6.07, 6.45) is 2.08. The van der Waals surface area contributed by atoms with Crippen molar-refractivity contribution in [2.45, 2.75) is 44.7 Å². The first-order chi connectivity index (χ1) is 23.5. The maximum absolute atomic E-state index is 13.6. The summed E-state index contributed by atoms with van der Waals surface area (Å²) in [5, 5.41) is 15.4. The molecule has 5 rings (SSSR count). The number of nitrogens with zero attached hydrogens (tertiary/aromatic N) is 5. The van der Waals surface area contributed by atoms with Crippen LogP contribution in [0, 0.1) is 0 Å². The number of carbonyl (C=O) groups excluding carboxylic acids is 1. The van der Waals surface area contributed by atoms with E-state index in [1.54, 1.807) is 45.9 Å². The largest absolute Gasteiger partial charge is 0.480 e. The summed E-state index contributed by atoms with van der Waals surface area (Å²) in [4.78, 5) is 47.8. The number of carbonyl (C=O) groups is 2. The van der Waals surface area contributed by atoms with Crippen LogP contribution in [0.1, 0.15) is 54.1 Å². The monoisotopic (exact) mass is 747 g/mol. The highest BCUT2D eigenvalue weighted by atomic mass is 35.5. The fraction of sp³-hybridized carbons (Fsp3) is 0.371. The molecule has 0 spiro atoms. The van der Waals surface area contributed by atoms with Gasteiger partial charge < -0.3 is 19.7 Å². The lowest BCUT2D eigenvalue weighted by molar-refractivity contribution is -0.137. The molecular formula is C35H37Cl4N5O5. The number of aliphatic carboxylic acids is 1. The Morgan fingerprint density at radius 2 is 1.65 bits per heavy atom. The smallest absolute Gasteiger partial charge is 0.329 e. The lowest BCUT2D eigenvalue weighted by Crippen LogP contribution is -2.40. The Bertz CT molecular complexity index is 1900. The molecular weight excluding hydrogens is 712 g/mol. The van der Waals surface area contributed by atoms with Gasteiger partial charge in [-0.25, -0.2) is 4.79 Å². The molecule has 1 N–H and O–H groups in total. The van der Waals surface area contributed by atoms with Gasteiger partial charge in [0.15, 0.2) is 0 Å². The predicted molar refractivity (Wildman–Crippen MR) is 195 cm³/mol. The van der Waals surface area contributed by atoms with Crippen molar-refractivity contribution in [2.75, 3.05) is 39.8 Å². The lowest BCUT2D eigenvalue weighted by atomic mass is 9.89. The van der Waals surface area contributed by atoms with E-state index in [0.29, 0.717) is 56.4 Å². The SMILES string of the molecule is CCN(C/C(=N\OC)[C@H](CCN1CCC(n2c(=O)n(CC(=O)O)c3ccccc32)CC1)c1ccc(Cl)c(Cl)c1)C(=O)c1cc(Cl)cc(Cl)c1. The minimum atomic E-state index is -1.06. The number of hydrogen-bond donors (Lipinski definition) is 1. The molecule has 4 aromatic rings. The third-order valence-electron chi connectivity index (χ3n) is 8.91. The number of likely N-dealkylation sites (tertiary alicyclic amines) is 1. The van der Waals surface area contributed by atoms with E-state index < -0.39 is 5.97 Å². The van der Waals surface area contributed by atoms with Crippen molar-refractivity contribution in [3.05, 3.63) is 102 Å². The van der Waals surface area contributed by atoms with Crippen LogP contribution in [0.2, 0.25) is 20.1 Å². The van der Waals surface area contributed by atoms with E-state index in [2.05, 4.69) is 10.1 Å². The van der Waals surface area contributed by atoms with Crippen molar-refractivity contribution in [3.8, 4) is 0 Å². The topological polar surface area (TPSA) is 109 Å². The van der Waals surface area contributed by atoms with Crippen LogP contribution in [0.4, 0.5) is 0 Å². The number of hydrogen-bond acceptors (Lipinski definition) is 6. The van der Waals surface area contributed by atoms with Gasteiger partial charge in [-0.05, 0) is 80.8 Å². The number of carboxylic acids is 1. The number of imidazole rings is 1. The molecule has 1 saturated heterocycles. The summed E-state index contributed by atoms with van der Waals surface area (Å²) in [5.41, 5.74) is 2.93. The molecule has 0 saturated carbocycles. The molecule has 1 aliphatic heterocycles. The van der Waals surface area contributed by atoms with Crippen molar-refractivity contribution in [1.82, 2.24) is 18.9 Å². The number of aromatic nitrogens is 2. The molecule has 260 valence electrons. The Morgan fingerprint density at radius 3 is 2.27 bits per heavy atom. The van der Waals surface area contributed by atoms with Gasteiger partial charge in [0, 0.05) is 47.2 Å². The van der Waals surface area contributed by atoms with Gasteiger partial charge in [0.1, 0.15) is 13.7 Å². The standard InChI is InChI=1S/C35H37Cl4N5O5/c1-3-42(34(47)23-16-24(36)19-25(37)17-23)20-30(40-49-2)27(22-8-9-28(38)29(39)18-22)12-15-41-13-10-26(11-14-41)44-32-7-5-4-6-31(32)43(35(44)48)21-33(45)46/h4-9,16-19,26-27H,3,10-15,20-21H2,1-2H3,(H,45,46)/b40-30+/t27-/m1/s1. The van der Waals surface area contributed by atoms with E-state index in [4.69, 9.17) is 51.2 Å².